The summed E-state index contributed by atoms with van der Waals surface area (Å²) in [5.74, 6) is -0.287. The molecule has 0 amide bonds. The summed E-state index contributed by atoms with van der Waals surface area (Å²) in [4.78, 5) is 12.0. The van der Waals surface area contributed by atoms with E-state index in [0.717, 1.165) is 0 Å². The predicted octanol–water partition coefficient (Wildman–Crippen LogP) is 4.46. The average molecular weight is 409 g/mol. The van der Waals surface area contributed by atoms with Crippen molar-refractivity contribution in [3.05, 3.63) is 72.8 Å². The molecule has 0 aromatic heterocycles. The second-order valence-corrected chi connectivity index (χ2v) is 13.7. The number of rotatable bonds is 6. The van der Waals surface area contributed by atoms with Crippen molar-refractivity contribution in [2.75, 3.05) is 6.61 Å². The molecule has 0 spiro atoms. The van der Waals surface area contributed by atoms with Crippen molar-refractivity contribution in [2.45, 2.75) is 52.2 Å². The van der Waals surface area contributed by atoms with E-state index in [9.17, 15) is 4.79 Å². The van der Waals surface area contributed by atoms with Gasteiger partial charge in [0.2, 0.25) is 0 Å². The fourth-order valence-corrected chi connectivity index (χ4v) is 8.88. The zero-order chi connectivity index (χ0) is 21.3. The number of esters is 1. The largest absolute Gasteiger partial charge is 0.458 e. The minimum atomic E-state index is -2.56. The quantitative estimate of drug-likeness (QED) is 0.402. The van der Waals surface area contributed by atoms with E-state index >= 15 is 0 Å². The molecule has 2 aromatic carbocycles. The van der Waals surface area contributed by atoms with Gasteiger partial charge in [0.25, 0.3) is 8.32 Å². The molecular weight excluding hydrogens is 376 g/mol. The van der Waals surface area contributed by atoms with Crippen LogP contribution < -0.4 is 10.4 Å². The van der Waals surface area contributed by atoms with Crippen LogP contribution in [0.3, 0.4) is 0 Å². The van der Waals surface area contributed by atoms with Crippen molar-refractivity contribution in [2.24, 2.45) is 5.41 Å². The van der Waals surface area contributed by atoms with Crippen LogP contribution in [0.25, 0.3) is 0 Å². The molecule has 0 bridgehead atoms. The van der Waals surface area contributed by atoms with Crippen LogP contribution in [-0.2, 0) is 14.0 Å². The fraction of sp³-hybridized carbons (Fsp3) is 0.400. The number of hydrogen-bond donors (Lipinski definition) is 0. The molecule has 4 heteroatoms. The Balaban J connectivity index is 1.95. The maximum absolute atomic E-state index is 12.0. The molecule has 1 atom stereocenters. The van der Waals surface area contributed by atoms with Crippen molar-refractivity contribution < 1.29 is 14.0 Å². The van der Waals surface area contributed by atoms with Crippen LogP contribution in [0.1, 0.15) is 41.0 Å². The number of hydrogen-bond acceptors (Lipinski definition) is 3. The van der Waals surface area contributed by atoms with E-state index in [4.69, 9.17) is 9.16 Å². The molecule has 1 aliphatic rings. The summed E-state index contributed by atoms with van der Waals surface area (Å²) >= 11 is 0. The van der Waals surface area contributed by atoms with Gasteiger partial charge in [0.15, 0.2) is 0 Å². The van der Waals surface area contributed by atoms with Crippen molar-refractivity contribution in [1.29, 1.82) is 0 Å². The molecule has 0 N–H and O–H groups in total. The van der Waals surface area contributed by atoms with Gasteiger partial charge in [-0.15, -0.1) is 0 Å². The van der Waals surface area contributed by atoms with E-state index in [1.807, 2.05) is 26.0 Å². The van der Waals surface area contributed by atoms with Crippen molar-refractivity contribution in [3.8, 4) is 0 Å². The topological polar surface area (TPSA) is 35.5 Å². The Bertz CT molecular complexity index is 826. The highest BCUT2D eigenvalue weighted by molar-refractivity contribution is 6.99. The van der Waals surface area contributed by atoms with E-state index in [2.05, 4.69) is 75.9 Å². The van der Waals surface area contributed by atoms with E-state index in [0.29, 0.717) is 18.6 Å². The monoisotopic (exact) mass is 408 g/mol. The molecule has 29 heavy (non-hydrogen) atoms. The third-order valence-electron chi connectivity index (χ3n) is 6.19. The average Bonchev–Trinajstić information content (AvgIpc) is 2.88. The summed E-state index contributed by atoms with van der Waals surface area (Å²) < 4.78 is 12.5. The van der Waals surface area contributed by atoms with Gasteiger partial charge in [-0.2, -0.15) is 0 Å². The first-order valence-electron chi connectivity index (χ1n) is 10.3. The number of cyclic esters (lactones) is 1. The molecule has 1 saturated heterocycles. The van der Waals surface area contributed by atoms with E-state index in [1.165, 1.54) is 10.4 Å². The molecule has 2 aromatic rings. The second-order valence-electron chi connectivity index (χ2n) is 9.39. The van der Waals surface area contributed by atoms with Crippen LogP contribution in [0.15, 0.2) is 72.8 Å². The first kappa shape index (κ1) is 21.5. The van der Waals surface area contributed by atoms with Gasteiger partial charge >= 0.3 is 5.97 Å². The van der Waals surface area contributed by atoms with Gasteiger partial charge in [-0.1, -0.05) is 102 Å². The Morgan fingerprint density at radius 2 is 1.48 bits per heavy atom. The Hall–Kier alpha value is -2.17. The highest BCUT2D eigenvalue weighted by atomic mass is 28.4. The molecule has 1 heterocycles. The Labute approximate surface area is 175 Å². The van der Waals surface area contributed by atoms with Crippen molar-refractivity contribution in [3.63, 3.8) is 0 Å². The molecule has 0 unspecified atom stereocenters. The van der Waals surface area contributed by atoms with Gasteiger partial charge in [0.05, 0.1) is 0 Å². The van der Waals surface area contributed by atoms with Crippen molar-refractivity contribution in [1.82, 2.24) is 0 Å². The standard InChI is InChI=1S/C25H32O3Si/c1-19-23(26)28-22(25(19,5)6)17-18-27-29(24(2,3)4,20-13-9-7-10-14-20)21-15-11-8-12-16-21/h7-16,22H,1,17-18H2,2-6H3/t22-/m1/s1. The molecular formula is C25H32O3Si. The van der Waals surface area contributed by atoms with Crippen LogP contribution in [0.4, 0.5) is 0 Å². The number of carbonyl (C=O) groups excluding carboxylic acids is 1. The molecule has 154 valence electrons. The van der Waals surface area contributed by atoms with Crippen LogP contribution in [0.5, 0.6) is 0 Å². The Morgan fingerprint density at radius 3 is 1.86 bits per heavy atom. The van der Waals surface area contributed by atoms with E-state index in [1.54, 1.807) is 0 Å². The molecule has 0 aliphatic carbocycles. The van der Waals surface area contributed by atoms with Gasteiger partial charge in [0.1, 0.15) is 6.10 Å². The lowest BCUT2D eigenvalue weighted by Gasteiger charge is -2.43. The first-order valence-corrected chi connectivity index (χ1v) is 12.2. The van der Waals surface area contributed by atoms with Gasteiger partial charge in [-0.25, -0.2) is 4.79 Å². The van der Waals surface area contributed by atoms with E-state index < -0.39 is 8.32 Å². The van der Waals surface area contributed by atoms with Gasteiger partial charge in [0, 0.05) is 24.0 Å². The molecule has 0 radical (unpaired) electrons. The lowest BCUT2D eigenvalue weighted by molar-refractivity contribution is -0.140. The van der Waals surface area contributed by atoms with Crippen molar-refractivity contribution >= 4 is 24.7 Å². The second kappa shape index (κ2) is 7.92. The minimum absolute atomic E-state index is 0.0683. The summed E-state index contributed by atoms with van der Waals surface area (Å²) in [6, 6.07) is 21.2. The van der Waals surface area contributed by atoms with Gasteiger partial charge in [-0.05, 0) is 15.4 Å². The SMILES string of the molecule is C=C1C(=O)O[C@H](CCO[Si](c2ccccc2)(c2ccccc2)C(C)(C)C)C1(C)C. The molecule has 3 nitrogen and oxygen atoms in total. The van der Waals surface area contributed by atoms with E-state index in [-0.39, 0.29) is 22.5 Å². The number of ether oxygens (including phenoxy) is 1. The minimum Gasteiger partial charge on any atom is -0.458 e. The summed E-state index contributed by atoms with van der Waals surface area (Å²) in [5.41, 5.74) is 0.180. The van der Waals surface area contributed by atoms with Gasteiger partial charge in [-0.3, -0.25) is 0 Å². The Morgan fingerprint density at radius 1 is 1.00 bits per heavy atom. The summed E-state index contributed by atoms with van der Waals surface area (Å²) in [5, 5.41) is 2.44. The molecule has 1 fully saturated rings. The van der Waals surface area contributed by atoms with Crippen LogP contribution >= 0.6 is 0 Å². The highest BCUT2D eigenvalue weighted by Crippen LogP contribution is 2.41. The third-order valence-corrected chi connectivity index (χ3v) is 11.2. The predicted molar refractivity (Wildman–Crippen MR) is 121 cm³/mol. The maximum atomic E-state index is 12.0. The smallest absolute Gasteiger partial charge is 0.334 e. The molecule has 1 aliphatic heterocycles. The third kappa shape index (κ3) is 3.84. The lowest BCUT2D eigenvalue weighted by atomic mass is 9.81. The summed E-state index contributed by atoms with van der Waals surface area (Å²) in [7, 11) is -2.56. The zero-order valence-electron chi connectivity index (χ0n) is 18.2. The maximum Gasteiger partial charge on any atom is 0.334 e. The lowest BCUT2D eigenvalue weighted by Crippen LogP contribution is -2.66. The number of benzene rings is 2. The molecule has 3 rings (SSSR count). The van der Waals surface area contributed by atoms with Crippen LogP contribution in [0.2, 0.25) is 5.04 Å². The summed E-state index contributed by atoms with van der Waals surface area (Å²) in [6.07, 6.45) is 0.447. The van der Waals surface area contributed by atoms with Crippen LogP contribution in [0, 0.1) is 5.41 Å². The van der Waals surface area contributed by atoms with Gasteiger partial charge < -0.3 is 9.16 Å². The van der Waals surface area contributed by atoms with Crippen LogP contribution in [-0.4, -0.2) is 27.0 Å². The molecule has 0 saturated carbocycles. The number of carbonyl (C=O) groups is 1. The first-order chi connectivity index (χ1) is 13.6. The fourth-order valence-electron chi connectivity index (χ4n) is 4.31. The normalized spacial score (nSPS) is 19.3. The summed E-state index contributed by atoms with van der Waals surface area (Å²) in [6.45, 7) is 15.3. The highest BCUT2D eigenvalue weighted by Gasteiger charge is 2.51. The Kier molecular flexibility index (Phi) is 5.88. The zero-order valence-corrected chi connectivity index (χ0v) is 19.2.